The number of nitrogens with one attached hydrogen (secondary N) is 1. The van der Waals surface area contributed by atoms with Crippen molar-refractivity contribution in [3.63, 3.8) is 0 Å². The Kier molecular flexibility index (Phi) is 7.57. The Hall–Kier alpha value is -2.15. The van der Waals surface area contributed by atoms with E-state index in [9.17, 15) is 13.2 Å². The van der Waals surface area contributed by atoms with E-state index in [-0.39, 0.29) is 4.90 Å². The lowest BCUT2D eigenvalue weighted by atomic mass is 10.2. The van der Waals surface area contributed by atoms with E-state index in [1.165, 1.54) is 42.3 Å². The lowest BCUT2D eigenvalue weighted by Crippen LogP contribution is -2.38. The van der Waals surface area contributed by atoms with Crippen molar-refractivity contribution in [2.75, 3.05) is 29.5 Å². The monoisotopic (exact) mass is 542 g/mol. The van der Waals surface area contributed by atoms with E-state index in [0.29, 0.717) is 25.4 Å². The van der Waals surface area contributed by atoms with Gasteiger partial charge in [-0.15, -0.1) is 10.2 Å². The molecule has 0 radical (unpaired) electrons. The summed E-state index contributed by atoms with van der Waals surface area (Å²) in [5.41, 5.74) is 1.34. The van der Waals surface area contributed by atoms with Gasteiger partial charge in [0.25, 0.3) is 10.0 Å². The normalized spacial score (nSPS) is 11.2. The molecule has 8 nitrogen and oxygen atoms in total. The number of hydrogen-bond acceptors (Lipinski definition) is 8. The molecule has 1 amide bonds. The van der Waals surface area contributed by atoms with Crippen molar-refractivity contribution in [2.24, 2.45) is 0 Å². The summed E-state index contributed by atoms with van der Waals surface area (Å²) in [4.78, 5) is 12.7. The Morgan fingerprint density at radius 1 is 1.23 bits per heavy atom. The second-order valence-electron chi connectivity index (χ2n) is 6.27. The first-order chi connectivity index (χ1) is 14.7. The number of aryl methyl sites for hydroxylation is 1. The minimum Gasteiger partial charge on any atom is -0.496 e. The number of hydrogen-bond donors (Lipinski definition) is 1. The number of thioether (sulfide) groups is 1. The Morgan fingerprint density at radius 3 is 2.52 bits per heavy atom. The maximum atomic E-state index is 13.5. The molecule has 0 atom stereocenters. The van der Waals surface area contributed by atoms with Gasteiger partial charge in [-0.3, -0.25) is 14.4 Å². The summed E-state index contributed by atoms with van der Waals surface area (Å²) in [6.45, 7) is 1.47. The molecule has 3 rings (SSSR count). The topological polar surface area (TPSA) is 101 Å². The first-order valence-electron chi connectivity index (χ1n) is 8.85. The average Bonchev–Trinajstić information content (AvgIpc) is 3.20. The van der Waals surface area contributed by atoms with Gasteiger partial charge in [-0.05, 0) is 59.4 Å². The molecule has 0 bridgehead atoms. The molecule has 0 spiro atoms. The number of halogens is 1. The van der Waals surface area contributed by atoms with E-state index in [2.05, 4.69) is 31.4 Å². The Labute approximate surface area is 197 Å². The lowest BCUT2D eigenvalue weighted by Gasteiger charge is -2.24. The molecule has 1 aromatic heterocycles. The molecular weight excluding hydrogens is 524 g/mol. The van der Waals surface area contributed by atoms with Crippen molar-refractivity contribution in [1.82, 2.24) is 10.2 Å². The summed E-state index contributed by atoms with van der Waals surface area (Å²) < 4.78 is 34.4. The molecule has 1 heterocycles. The number of methoxy groups -OCH3 is 1. The Bertz CT molecular complexity index is 1180. The minimum absolute atomic E-state index is 0.0223. The molecule has 12 heteroatoms. The van der Waals surface area contributed by atoms with Crippen LogP contribution in [0.4, 0.5) is 10.8 Å². The number of sulfonamides is 1. The Morgan fingerprint density at radius 2 is 1.94 bits per heavy atom. The number of aromatic nitrogens is 2. The van der Waals surface area contributed by atoms with Crippen LogP contribution in [0.2, 0.25) is 0 Å². The molecule has 1 N–H and O–H groups in total. The van der Waals surface area contributed by atoms with E-state index in [1.54, 1.807) is 30.3 Å². The largest absolute Gasteiger partial charge is 0.496 e. The summed E-state index contributed by atoms with van der Waals surface area (Å²) in [6.07, 6.45) is 1.85. The predicted octanol–water partition coefficient (Wildman–Crippen LogP) is 4.17. The van der Waals surface area contributed by atoms with Gasteiger partial charge >= 0.3 is 0 Å². The average molecular weight is 543 g/mol. The highest BCUT2D eigenvalue weighted by molar-refractivity contribution is 9.10. The number of anilines is 2. The van der Waals surface area contributed by atoms with Crippen LogP contribution in [0, 0.1) is 6.92 Å². The third kappa shape index (κ3) is 5.56. The maximum absolute atomic E-state index is 13.5. The number of carbonyl (C=O) groups is 1. The fourth-order valence-electron chi connectivity index (χ4n) is 2.59. The quantitative estimate of drug-likeness (QED) is 0.336. The lowest BCUT2D eigenvalue weighted by molar-refractivity contribution is -0.114. The van der Waals surface area contributed by atoms with Crippen molar-refractivity contribution in [2.45, 2.75) is 16.2 Å². The number of benzene rings is 2. The van der Waals surface area contributed by atoms with Crippen LogP contribution in [0.15, 0.2) is 56.2 Å². The van der Waals surface area contributed by atoms with Gasteiger partial charge in [-0.1, -0.05) is 40.8 Å². The van der Waals surface area contributed by atoms with Crippen molar-refractivity contribution in [3.05, 3.63) is 52.5 Å². The number of ether oxygens (including phenoxy) is 1. The molecule has 0 saturated carbocycles. The fraction of sp³-hybridized carbons (Fsp3) is 0.211. The zero-order chi connectivity index (χ0) is 22.6. The van der Waals surface area contributed by atoms with Gasteiger partial charge < -0.3 is 4.74 Å². The fourth-order valence-corrected chi connectivity index (χ4v) is 5.92. The third-order valence-corrected chi connectivity index (χ3v) is 8.35. The number of nitrogens with zero attached hydrogens (tertiary/aromatic N) is 3. The van der Waals surface area contributed by atoms with Crippen LogP contribution in [0.25, 0.3) is 0 Å². The second kappa shape index (κ2) is 9.98. The smallest absolute Gasteiger partial charge is 0.264 e. The van der Waals surface area contributed by atoms with Crippen LogP contribution < -0.4 is 14.4 Å². The predicted molar refractivity (Wildman–Crippen MR) is 127 cm³/mol. The first kappa shape index (κ1) is 23.5. The van der Waals surface area contributed by atoms with Gasteiger partial charge in [-0.25, -0.2) is 8.42 Å². The molecule has 0 aliphatic rings. The van der Waals surface area contributed by atoms with Crippen LogP contribution in [-0.2, 0) is 14.8 Å². The van der Waals surface area contributed by atoms with Crippen molar-refractivity contribution >= 4 is 65.8 Å². The summed E-state index contributed by atoms with van der Waals surface area (Å²) in [5.74, 6) is -0.0278. The third-order valence-electron chi connectivity index (χ3n) is 4.15. The summed E-state index contributed by atoms with van der Waals surface area (Å²) in [5, 5.41) is 10.7. The van der Waals surface area contributed by atoms with Gasteiger partial charge in [0, 0.05) is 0 Å². The van der Waals surface area contributed by atoms with Crippen LogP contribution in [0.1, 0.15) is 5.56 Å². The van der Waals surface area contributed by atoms with Crippen molar-refractivity contribution in [1.29, 1.82) is 0 Å². The van der Waals surface area contributed by atoms with Crippen molar-refractivity contribution in [3.8, 4) is 5.75 Å². The first-order valence-corrected chi connectivity index (χ1v) is 13.1. The molecule has 164 valence electrons. The number of rotatable bonds is 8. The number of amides is 1. The standard InChI is InChI=1S/C19H19BrN4O4S3/c1-12-4-6-13(7-5-12)24(11-17(25)21-18-22-23-19(29-3)30-18)31(26,27)14-8-9-16(28-2)15(20)10-14/h4-10H,11H2,1-3H3,(H,21,22,25). The summed E-state index contributed by atoms with van der Waals surface area (Å²) in [7, 11) is -2.56. The van der Waals surface area contributed by atoms with Crippen LogP contribution >= 0.6 is 39.0 Å². The van der Waals surface area contributed by atoms with Gasteiger partial charge in [0.05, 0.1) is 22.2 Å². The zero-order valence-electron chi connectivity index (χ0n) is 16.8. The van der Waals surface area contributed by atoms with E-state index in [0.717, 1.165) is 9.87 Å². The zero-order valence-corrected chi connectivity index (χ0v) is 20.9. The summed E-state index contributed by atoms with van der Waals surface area (Å²) >= 11 is 5.94. The molecule has 3 aromatic rings. The van der Waals surface area contributed by atoms with E-state index in [4.69, 9.17) is 4.74 Å². The van der Waals surface area contributed by atoms with Crippen LogP contribution in [-0.4, -0.2) is 44.4 Å². The van der Waals surface area contributed by atoms with Crippen LogP contribution in [0.5, 0.6) is 5.75 Å². The summed E-state index contributed by atoms with van der Waals surface area (Å²) in [6, 6.07) is 11.3. The number of carbonyl (C=O) groups excluding carboxylic acids is 1. The van der Waals surface area contributed by atoms with Gasteiger partial charge in [0.1, 0.15) is 12.3 Å². The molecule has 0 aliphatic carbocycles. The minimum atomic E-state index is -4.05. The van der Waals surface area contributed by atoms with Crippen LogP contribution in [0.3, 0.4) is 0 Å². The Balaban J connectivity index is 1.94. The molecule has 2 aromatic carbocycles. The molecule has 0 unspecified atom stereocenters. The highest BCUT2D eigenvalue weighted by Crippen LogP contribution is 2.31. The molecule has 0 aliphatic heterocycles. The molecular formula is C19H19BrN4O4S3. The molecule has 0 saturated heterocycles. The molecule has 0 fully saturated rings. The van der Waals surface area contributed by atoms with E-state index in [1.807, 2.05) is 13.2 Å². The van der Waals surface area contributed by atoms with E-state index < -0.39 is 22.5 Å². The highest BCUT2D eigenvalue weighted by atomic mass is 79.9. The van der Waals surface area contributed by atoms with Gasteiger partial charge in [0.2, 0.25) is 11.0 Å². The van der Waals surface area contributed by atoms with Crippen molar-refractivity contribution < 1.29 is 17.9 Å². The van der Waals surface area contributed by atoms with Gasteiger partial charge in [-0.2, -0.15) is 0 Å². The second-order valence-corrected chi connectivity index (χ2v) is 11.0. The highest BCUT2D eigenvalue weighted by Gasteiger charge is 2.28. The van der Waals surface area contributed by atoms with E-state index >= 15 is 0 Å². The van der Waals surface area contributed by atoms with Gasteiger partial charge in [0.15, 0.2) is 4.34 Å². The SMILES string of the molecule is COc1ccc(S(=O)(=O)N(CC(=O)Nc2nnc(SC)s2)c2ccc(C)cc2)cc1Br. The maximum Gasteiger partial charge on any atom is 0.264 e. The molecule has 31 heavy (non-hydrogen) atoms.